The molecule has 0 saturated heterocycles. The Morgan fingerprint density at radius 1 is 1.18 bits per heavy atom. The van der Waals surface area contributed by atoms with Gasteiger partial charge in [0.1, 0.15) is 5.75 Å². The molecule has 0 N–H and O–H groups in total. The minimum absolute atomic E-state index is 0.0467. The molecular weight excluding hydrogens is 313 g/mol. The zero-order valence-electron chi connectivity index (χ0n) is 13.2. The van der Waals surface area contributed by atoms with Gasteiger partial charge < -0.3 is 13.8 Å². The monoisotopic (exact) mass is 336 g/mol. The van der Waals surface area contributed by atoms with Gasteiger partial charge in [-0.3, -0.25) is 4.57 Å². The van der Waals surface area contributed by atoms with E-state index in [1.807, 2.05) is 25.1 Å². The lowest BCUT2D eigenvalue weighted by atomic mass is 10.2. The lowest BCUT2D eigenvalue weighted by molar-refractivity contribution is 0.0271. The molecule has 1 aromatic carbocycles. The summed E-state index contributed by atoms with van der Waals surface area (Å²) in [7, 11) is -4.43. The fourth-order valence-corrected chi connectivity index (χ4v) is 3.45. The van der Waals surface area contributed by atoms with Crippen LogP contribution in [0.3, 0.4) is 0 Å². The summed E-state index contributed by atoms with van der Waals surface area (Å²) in [6.45, 7) is 4.85. The van der Waals surface area contributed by atoms with Crippen molar-refractivity contribution in [3.63, 3.8) is 0 Å². The summed E-state index contributed by atoms with van der Waals surface area (Å²) in [6.07, 6.45) is -0.568. The first-order chi connectivity index (χ1) is 10.3. The lowest BCUT2D eigenvalue weighted by Crippen LogP contribution is -2.21. The lowest BCUT2D eigenvalue weighted by Gasteiger charge is -2.25. The molecule has 0 aliphatic heterocycles. The van der Waals surface area contributed by atoms with Gasteiger partial charge in [-0.15, -0.1) is 0 Å². The number of ether oxygens (including phenoxy) is 1. The number of rotatable bonds is 10. The van der Waals surface area contributed by atoms with Crippen LogP contribution in [0.5, 0.6) is 5.75 Å². The Morgan fingerprint density at radius 2 is 1.82 bits per heavy atom. The number of benzene rings is 1. The molecule has 0 bridgehead atoms. The largest absolute Gasteiger partial charge is 0.494 e. The van der Waals surface area contributed by atoms with E-state index in [0.717, 1.165) is 5.56 Å². The van der Waals surface area contributed by atoms with Gasteiger partial charge >= 0.3 is 13.3 Å². The Bertz CT molecular complexity index is 498. The van der Waals surface area contributed by atoms with E-state index in [1.54, 1.807) is 6.07 Å². The van der Waals surface area contributed by atoms with E-state index in [9.17, 15) is 13.3 Å². The van der Waals surface area contributed by atoms with E-state index in [0.29, 0.717) is 5.75 Å². The summed E-state index contributed by atoms with van der Waals surface area (Å²) in [5.74, 6) is 0.626. The molecule has 22 heavy (non-hydrogen) atoms. The van der Waals surface area contributed by atoms with E-state index in [1.165, 1.54) is 13.8 Å². The van der Waals surface area contributed by atoms with Crippen molar-refractivity contribution in [3.8, 4) is 5.75 Å². The SMILES string of the molecule is CCOP(=O)(OCC)C(F)(F)CCCOc1cccc(C)c1. The van der Waals surface area contributed by atoms with E-state index >= 15 is 0 Å². The van der Waals surface area contributed by atoms with Gasteiger partial charge in [0.15, 0.2) is 0 Å². The maximum absolute atomic E-state index is 14.1. The Kier molecular flexibility index (Phi) is 7.46. The van der Waals surface area contributed by atoms with Gasteiger partial charge in [-0.2, -0.15) is 8.78 Å². The van der Waals surface area contributed by atoms with Crippen molar-refractivity contribution in [1.82, 2.24) is 0 Å². The van der Waals surface area contributed by atoms with Gasteiger partial charge in [0.2, 0.25) is 0 Å². The van der Waals surface area contributed by atoms with Crippen LogP contribution in [0, 0.1) is 6.92 Å². The molecule has 0 fully saturated rings. The van der Waals surface area contributed by atoms with E-state index in [4.69, 9.17) is 13.8 Å². The van der Waals surface area contributed by atoms with Crippen LogP contribution >= 0.6 is 7.60 Å². The molecule has 0 atom stereocenters. The third-order valence-electron chi connectivity index (χ3n) is 2.88. The molecule has 126 valence electrons. The minimum atomic E-state index is -4.43. The Hall–Kier alpha value is -0.970. The predicted octanol–water partition coefficient (Wildman–Crippen LogP) is 5.01. The summed E-state index contributed by atoms with van der Waals surface area (Å²) in [5, 5.41) is 0. The normalized spacial score (nSPS) is 12.4. The molecule has 1 aromatic rings. The standard InChI is InChI=1S/C15H23F2O4P/c1-4-20-22(18,21-5-2)15(16,17)10-7-11-19-14-9-6-8-13(3)12-14/h6,8-9,12H,4-5,7,10-11H2,1-3H3. The molecular formula is C15H23F2O4P. The van der Waals surface area contributed by atoms with Crippen molar-refractivity contribution < 1.29 is 27.1 Å². The molecule has 0 aliphatic rings. The fourth-order valence-electron chi connectivity index (χ4n) is 1.88. The maximum Gasteiger partial charge on any atom is 0.399 e. The Morgan fingerprint density at radius 3 is 2.36 bits per heavy atom. The summed E-state index contributed by atoms with van der Waals surface area (Å²) in [4.78, 5) is 0. The highest BCUT2D eigenvalue weighted by Gasteiger charge is 2.52. The fraction of sp³-hybridized carbons (Fsp3) is 0.600. The van der Waals surface area contributed by atoms with Crippen LogP contribution in [0.2, 0.25) is 0 Å². The molecule has 7 heteroatoms. The van der Waals surface area contributed by atoms with Crippen molar-refractivity contribution in [2.24, 2.45) is 0 Å². The molecule has 0 unspecified atom stereocenters. The molecule has 0 saturated carbocycles. The Balaban J connectivity index is 2.52. The summed E-state index contributed by atoms with van der Waals surface area (Å²) >= 11 is 0. The molecule has 0 heterocycles. The first kappa shape index (κ1) is 19.1. The third kappa shape index (κ3) is 5.34. The predicted molar refractivity (Wildman–Crippen MR) is 81.7 cm³/mol. The van der Waals surface area contributed by atoms with Gasteiger partial charge in [-0.05, 0) is 44.9 Å². The van der Waals surface area contributed by atoms with E-state index in [-0.39, 0.29) is 26.2 Å². The van der Waals surface area contributed by atoms with Crippen LogP contribution in [0.4, 0.5) is 8.78 Å². The van der Waals surface area contributed by atoms with E-state index < -0.39 is 19.7 Å². The molecule has 0 amide bonds. The van der Waals surface area contributed by atoms with Crippen molar-refractivity contribution in [2.75, 3.05) is 19.8 Å². The average molecular weight is 336 g/mol. The highest BCUT2D eigenvalue weighted by molar-refractivity contribution is 7.55. The molecule has 1 rings (SSSR count). The van der Waals surface area contributed by atoms with E-state index in [2.05, 4.69) is 0 Å². The summed E-state index contributed by atoms with van der Waals surface area (Å²) < 4.78 is 55.1. The van der Waals surface area contributed by atoms with Gasteiger partial charge in [0.05, 0.1) is 19.8 Å². The highest BCUT2D eigenvalue weighted by Crippen LogP contribution is 2.63. The van der Waals surface area contributed by atoms with Gasteiger partial charge in [0.25, 0.3) is 0 Å². The maximum atomic E-state index is 14.1. The Labute approximate surface area is 130 Å². The summed E-state index contributed by atoms with van der Waals surface area (Å²) in [5.41, 5.74) is -2.49. The average Bonchev–Trinajstić information content (AvgIpc) is 2.44. The van der Waals surface area contributed by atoms with Crippen LogP contribution < -0.4 is 4.74 Å². The third-order valence-corrected chi connectivity index (χ3v) is 5.10. The van der Waals surface area contributed by atoms with Crippen molar-refractivity contribution >= 4 is 7.60 Å². The van der Waals surface area contributed by atoms with Crippen LogP contribution in [0.15, 0.2) is 24.3 Å². The molecule has 0 aliphatic carbocycles. The molecule has 0 aromatic heterocycles. The molecule has 0 spiro atoms. The van der Waals surface area contributed by atoms with Crippen LogP contribution in [-0.2, 0) is 13.6 Å². The number of alkyl halides is 2. The van der Waals surface area contributed by atoms with Crippen LogP contribution in [0.25, 0.3) is 0 Å². The highest BCUT2D eigenvalue weighted by atomic mass is 31.2. The molecule has 0 radical (unpaired) electrons. The zero-order valence-corrected chi connectivity index (χ0v) is 14.1. The second kappa shape index (κ2) is 8.61. The van der Waals surface area contributed by atoms with Gasteiger partial charge in [0, 0.05) is 6.42 Å². The number of halogens is 2. The first-order valence-electron chi connectivity index (χ1n) is 7.31. The zero-order chi connectivity index (χ0) is 16.6. The topological polar surface area (TPSA) is 44.8 Å². The second-order valence-corrected chi connectivity index (χ2v) is 6.93. The van der Waals surface area contributed by atoms with Crippen LogP contribution in [0.1, 0.15) is 32.3 Å². The minimum Gasteiger partial charge on any atom is -0.494 e. The number of hydrogen-bond donors (Lipinski definition) is 0. The van der Waals surface area contributed by atoms with Crippen molar-refractivity contribution in [3.05, 3.63) is 29.8 Å². The van der Waals surface area contributed by atoms with Crippen molar-refractivity contribution in [1.29, 1.82) is 0 Å². The second-order valence-electron chi connectivity index (χ2n) is 4.77. The quantitative estimate of drug-likeness (QED) is 0.445. The molecule has 4 nitrogen and oxygen atoms in total. The van der Waals surface area contributed by atoms with Gasteiger partial charge in [-0.1, -0.05) is 12.1 Å². The number of aryl methyl sites for hydroxylation is 1. The first-order valence-corrected chi connectivity index (χ1v) is 8.85. The van der Waals surface area contributed by atoms with Crippen LogP contribution in [-0.4, -0.2) is 25.5 Å². The van der Waals surface area contributed by atoms with Gasteiger partial charge in [-0.25, -0.2) is 0 Å². The van der Waals surface area contributed by atoms with Crippen molar-refractivity contribution in [2.45, 2.75) is 39.3 Å². The summed E-state index contributed by atoms with van der Waals surface area (Å²) in [6, 6.07) is 7.33. The smallest absolute Gasteiger partial charge is 0.399 e. The number of hydrogen-bond acceptors (Lipinski definition) is 4.